The van der Waals surface area contributed by atoms with Crippen molar-refractivity contribution in [2.45, 2.75) is 38.8 Å². The third kappa shape index (κ3) is 6.34. The highest BCUT2D eigenvalue weighted by Crippen LogP contribution is 2.16. The zero-order valence-corrected chi connectivity index (χ0v) is 14.3. The van der Waals surface area contributed by atoms with Gasteiger partial charge in [0.2, 0.25) is 5.91 Å². The number of amides is 1. The lowest BCUT2D eigenvalue weighted by Crippen LogP contribution is -2.32. The standard InChI is InChI=1S/C17H27N3O.ClH/c1-18-13-17(21)19-12-15-8-4-5-9-16(15)14-20-10-6-2-3-7-11-20;/h4-5,8-9,18H,2-3,6-7,10-14H2,1H3,(H,19,21);1H. The van der Waals surface area contributed by atoms with Crippen LogP contribution < -0.4 is 10.6 Å². The summed E-state index contributed by atoms with van der Waals surface area (Å²) in [7, 11) is 1.78. The van der Waals surface area contributed by atoms with Gasteiger partial charge >= 0.3 is 0 Å². The van der Waals surface area contributed by atoms with Crippen molar-refractivity contribution in [1.29, 1.82) is 0 Å². The topological polar surface area (TPSA) is 44.4 Å². The van der Waals surface area contributed by atoms with Gasteiger partial charge in [-0.05, 0) is 44.1 Å². The second-order valence-electron chi connectivity index (χ2n) is 5.77. The molecule has 124 valence electrons. The Morgan fingerprint density at radius 2 is 1.73 bits per heavy atom. The number of hydrogen-bond acceptors (Lipinski definition) is 3. The SMILES string of the molecule is CNCC(=O)NCc1ccccc1CN1CCCCCC1.Cl. The summed E-state index contributed by atoms with van der Waals surface area (Å²) in [5.74, 6) is 0.0436. The lowest BCUT2D eigenvalue weighted by molar-refractivity contribution is -0.120. The van der Waals surface area contributed by atoms with Crippen LogP contribution in [0.3, 0.4) is 0 Å². The predicted molar refractivity (Wildman–Crippen MR) is 93.2 cm³/mol. The van der Waals surface area contributed by atoms with Crippen LogP contribution in [0.15, 0.2) is 24.3 Å². The lowest BCUT2D eigenvalue weighted by atomic mass is 10.1. The zero-order valence-electron chi connectivity index (χ0n) is 13.4. The van der Waals surface area contributed by atoms with Crippen LogP contribution in [0, 0.1) is 0 Å². The molecule has 1 fully saturated rings. The fourth-order valence-electron chi connectivity index (χ4n) is 2.84. The molecule has 22 heavy (non-hydrogen) atoms. The maximum atomic E-state index is 11.6. The number of benzene rings is 1. The first-order chi connectivity index (χ1) is 10.3. The molecule has 1 saturated heterocycles. The average Bonchev–Trinajstić information content (AvgIpc) is 2.75. The fraction of sp³-hybridized carbons (Fsp3) is 0.588. The minimum Gasteiger partial charge on any atom is -0.351 e. The predicted octanol–water partition coefficient (Wildman–Crippen LogP) is 2.32. The summed E-state index contributed by atoms with van der Waals surface area (Å²) in [5.41, 5.74) is 2.57. The summed E-state index contributed by atoms with van der Waals surface area (Å²) in [6, 6.07) is 8.44. The summed E-state index contributed by atoms with van der Waals surface area (Å²) < 4.78 is 0. The van der Waals surface area contributed by atoms with E-state index in [2.05, 4.69) is 33.7 Å². The van der Waals surface area contributed by atoms with Crippen LogP contribution in [0.1, 0.15) is 36.8 Å². The molecule has 0 atom stereocenters. The number of carbonyl (C=O) groups is 1. The van der Waals surface area contributed by atoms with E-state index in [1.165, 1.54) is 49.9 Å². The highest BCUT2D eigenvalue weighted by molar-refractivity contribution is 5.85. The van der Waals surface area contributed by atoms with Crippen molar-refractivity contribution in [3.05, 3.63) is 35.4 Å². The van der Waals surface area contributed by atoms with Gasteiger partial charge < -0.3 is 10.6 Å². The monoisotopic (exact) mass is 325 g/mol. The number of hydrogen-bond donors (Lipinski definition) is 2. The summed E-state index contributed by atoms with van der Waals surface area (Å²) in [6.07, 6.45) is 5.33. The van der Waals surface area contributed by atoms with Crippen LogP contribution in [0.5, 0.6) is 0 Å². The van der Waals surface area contributed by atoms with E-state index >= 15 is 0 Å². The van der Waals surface area contributed by atoms with E-state index in [0.717, 1.165) is 6.54 Å². The summed E-state index contributed by atoms with van der Waals surface area (Å²) in [5, 5.41) is 5.84. The van der Waals surface area contributed by atoms with Gasteiger partial charge in [0.15, 0.2) is 0 Å². The largest absolute Gasteiger partial charge is 0.351 e. The highest BCUT2D eigenvalue weighted by Gasteiger charge is 2.11. The fourth-order valence-corrected chi connectivity index (χ4v) is 2.84. The van der Waals surface area contributed by atoms with Gasteiger partial charge in [-0.2, -0.15) is 0 Å². The molecule has 0 bridgehead atoms. The van der Waals surface area contributed by atoms with E-state index in [4.69, 9.17) is 0 Å². The molecule has 5 heteroatoms. The van der Waals surface area contributed by atoms with Gasteiger partial charge in [-0.3, -0.25) is 9.69 Å². The molecule has 2 rings (SSSR count). The van der Waals surface area contributed by atoms with Crippen LogP contribution >= 0.6 is 12.4 Å². The van der Waals surface area contributed by atoms with E-state index in [9.17, 15) is 4.79 Å². The van der Waals surface area contributed by atoms with Gasteiger partial charge in [-0.25, -0.2) is 0 Å². The Morgan fingerprint density at radius 3 is 2.36 bits per heavy atom. The Hall–Kier alpha value is -1.10. The second-order valence-corrected chi connectivity index (χ2v) is 5.77. The van der Waals surface area contributed by atoms with Crippen molar-refractivity contribution in [3.8, 4) is 0 Å². The summed E-state index contributed by atoms with van der Waals surface area (Å²) >= 11 is 0. The zero-order chi connectivity index (χ0) is 14.9. The third-order valence-electron chi connectivity index (χ3n) is 4.02. The van der Waals surface area contributed by atoms with Crippen molar-refractivity contribution in [2.24, 2.45) is 0 Å². The van der Waals surface area contributed by atoms with E-state index in [0.29, 0.717) is 13.1 Å². The van der Waals surface area contributed by atoms with E-state index in [1.54, 1.807) is 7.05 Å². The third-order valence-corrected chi connectivity index (χ3v) is 4.02. The van der Waals surface area contributed by atoms with Crippen LogP contribution in [0.25, 0.3) is 0 Å². The first-order valence-electron chi connectivity index (χ1n) is 8.00. The van der Waals surface area contributed by atoms with E-state index in [-0.39, 0.29) is 18.3 Å². The Bertz CT molecular complexity index is 445. The van der Waals surface area contributed by atoms with Crippen molar-refractivity contribution in [3.63, 3.8) is 0 Å². The second kappa shape index (κ2) is 10.6. The summed E-state index contributed by atoms with van der Waals surface area (Å²) in [4.78, 5) is 14.1. The van der Waals surface area contributed by atoms with Crippen molar-refractivity contribution >= 4 is 18.3 Å². The Morgan fingerprint density at radius 1 is 1.09 bits per heavy atom. The number of nitrogens with zero attached hydrogens (tertiary/aromatic N) is 1. The van der Waals surface area contributed by atoms with E-state index in [1.807, 2.05) is 6.07 Å². The van der Waals surface area contributed by atoms with Crippen molar-refractivity contribution in [2.75, 3.05) is 26.7 Å². The molecule has 0 spiro atoms. The molecule has 1 aromatic carbocycles. The first-order valence-corrected chi connectivity index (χ1v) is 8.00. The summed E-state index contributed by atoms with van der Waals surface area (Å²) in [6.45, 7) is 4.37. The van der Waals surface area contributed by atoms with Crippen molar-refractivity contribution < 1.29 is 4.79 Å². The molecule has 0 radical (unpaired) electrons. The molecule has 0 saturated carbocycles. The van der Waals surface area contributed by atoms with Gasteiger partial charge in [-0.15, -0.1) is 12.4 Å². The molecule has 0 aromatic heterocycles. The first kappa shape index (κ1) is 18.9. The number of halogens is 1. The minimum absolute atomic E-state index is 0. The quantitative estimate of drug-likeness (QED) is 0.843. The van der Waals surface area contributed by atoms with Gasteiger partial charge in [0.25, 0.3) is 0 Å². The molecule has 1 aromatic rings. The van der Waals surface area contributed by atoms with Gasteiger partial charge in [0.1, 0.15) is 0 Å². The van der Waals surface area contributed by atoms with Crippen molar-refractivity contribution in [1.82, 2.24) is 15.5 Å². The highest BCUT2D eigenvalue weighted by atomic mass is 35.5. The maximum absolute atomic E-state index is 11.6. The van der Waals surface area contributed by atoms with Crippen LogP contribution in [0.4, 0.5) is 0 Å². The minimum atomic E-state index is 0. The number of likely N-dealkylation sites (N-methyl/N-ethyl adjacent to an activating group) is 1. The molecule has 1 amide bonds. The molecule has 0 unspecified atom stereocenters. The van der Waals surface area contributed by atoms with Crippen LogP contribution in [-0.4, -0.2) is 37.5 Å². The average molecular weight is 326 g/mol. The molecule has 1 aliphatic rings. The number of rotatable bonds is 6. The van der Waals surface area contributed by atoms with Gasteiger partial charge in [0.05, 0.1) is 6.54 Å². The molecule has 1 heterocycles. The van der Waals surface area contributed by atoms with Gasteiger partial charge in [0, 0.05) is 13.1 Å². The molecule has 4 nitrogen and oxygen atoms in total. The Kier molecular flexibility index (Phi) is 9.13. The molecule has 2 N–H and O–H groups in total. The molecular weight excluding hydrogens is 298 g/mol. The van der Waals surface area contributed by atoms with E-state index < -0.39 is 0 Å². The maximum Gasteiger partial charge on any atom is 0.234 e. The molecule has 1 aliphatic heterocycles. The number of carbonyl (C=O) groups excluding carboxylic acids is 1. The van der Waals surface area contributed by atoms with Gasteiger partial charge in [-0.1, -0.05) is 37.1 Å². The Labute approximate surface area is 140 Å². The molecular formula is C17H28ClN3O. The van der Waals surface area contributed by atoms with Crippen LogP contribution in [-0.2, 0) is 17.9 Å². The van der Waals surface area contributed by atoms with Crippen LogP contribution in [0.2, 0.25) is 0 Å². The normalized spacial score (nSPS) is 15.7. The number of nitrogens with one attached hydrogen (secondary N) is 2. The lowest BCUT2D eigenvalue weighted by Gasteiger charge is -2.21. The molecule has 0 aliphatic carbocycles. The Balaban J connectivity index is 0.00000242. The smallest absolute Gasteiger partial charge is 0.234 e. The number of likely N-dealkylation sites (tertiary alicyclic amines) is 1.